The van der Waals surface area contributed by atoms with Gasteiger partial charge in [0.2, 0.25) is 5.88 Å². The van der Waals surface area contributed by atoms with Crippen molar-refractivity contribution < 1.29 is 25.1 Å². The Morgan fingerprint density at radius 2 is 1.85 bits per heavy atom. The second-order valence-electron chi connectivity index (χ2n) is 7.63. The molecule has 1 aliphatic rings. The van der Waals surface area contributed by atoms with E-state index in [-0.39, 0.29) is 20.5 Å². The third-order valence-electron chi connectivity index (χ3n) is 4.83. The van der Waals surface area contributed by atoms with Crippen LogP contribution in [-0.4, -0.2) is 55.6 Å². The zero-order valence-electron chi connectivity index (χ0n) is 18.4. The van der Waals surface area contributed by atoms with Crippen molar-refractivity contribution in [2.45, 2.75) is 17.9 Å². The number of likely N-dealkylation sites (tertiary alicyclic amines) is 1. The van der Waals surface area contributed by atoms with Gasteiger partial charge in [-0.2, -0.15) is 4.98 Å². The van der Waals surface area contributed by atoms with E-state index >= 15 is 0 Å². The molecule has 1 unspecified atom stereocenters. The maximum atomic E-state index is 12.5. The number of aromatic nitrogens is 2. The monoisotopic (exact) mass is 493 g/mol. The summed E-state index contributed by atoms with van der Waals surface area (Å²) in [5, 5.41) is 7.91. The van der Waals surface area contributed by atoms with Gasteiger partial charge < -0.3 is 26.2 Å². The molecular weight excluding hydrogens is 466 g/mol. The third kappa shape index (κ3) is 6.10. The van der Waals surface area contributed by atoms with Crippen LogP contribution in [0.3, 0.4) is 0 Å². The molecule has 5 N–H and O–H groups in total. The van der Waals surface area contributed by atoms with Gasteiger partial charge in [0.15, 0.2) is 5.82 Å². The molecular formula is C22H27F2N6O3S-. The van der Waals surface area contributed by atoms with Crippen LogP contribution in [0, 0.1) is 17.0 Å². The fraction of sp³-hybridized carbons (Fsp3) is 0.227. The molecule has 34 heavy (non-hydrogen) atoms. The van der Waals surface area contributed by atoms with Crippen molar-refractivity contribution in [3.63, 3.8) is 0 Å². The van der Waals surface area contributed by atoms with Crippen molar-refractivity contribution >= 4 is 28.3 Å². The lowest BCUT2D eigenvalue weighted by molar-refractivity contribution is 0.0355. The zero-order chi connectivity index (χ0) is 25.0. The lowest BCUT2D eigenvalue weighted by atomic mass is 10.1. The number of nitrogens with one attached hydrogen (secondary N) is 1. The Balaban J connectivity index is 0.000000425. The Kier molecular flexibility index (Phi) is 7.87. The summed E-state index contributed by atoms with van der Waals surface area (Å²) in [6, 6.07) is 9.48. The smallest absolute Gasteiger partial charge is 0.228 e. The summed E-state index contributed by atoms with van der Waals surface area (Å²) in [4.78, 5) is 10.3. The van der Waals surface area contributed by atoms with Crippen LogP contribution in [-0.2, 0) is 11.1 Å². The molecule has 4 rings (SSSR count). The van der Waals surface area contributed by atoms with Crippen molar-refractivity contribution in [2.24, 2.45) is 0 Å². The van der Waals surface area contributed by atoms with Crippen LogP contribution in [0.1, 0.15) is 15.3 Å². The van der Waals surface area contributed by atoms with E-state index in [0.717, 1.165) is 30.8 Å². The first kappa shape index (κ1) is 25.1. The quantitative estimate of drug-likeness (QED) is 0.278. The summed E-state index contributed by atoms with van der Waals surface area (Å²) >= 11 is -2.72. The molecule has 0 bridgehead atoms. The predicted molar refractivity (Wildman–Crippen MR) is 128 cm³/mol. The van der Waals surface area contributed by atoms with Crippen molar-refractivity contribution in [1.82, 2.24) is 14.9 Å². The summed E-state index contributed by atoms with van der Waals surface area (Å²) < 4.78 is 51.0. The van der Waals surface area contributed by atoms with Gasteiger partial charge in [-0.15, -0.1) is 0 Å². The standard InChI is InChI=1S/C16H20N6O.C6H4F2O2S.2H2/c1-9(17)13-14(19)20-15(10-3-5-11(18)6-4-10)21-16(13)23-12-7-22(2)8-12;7-4-1-2-5(8)6(3-4)11(9)10;;/h3-6,12,17H,7-8,18H2,1-2H3,(H2,19,20,21);1-3H,(H,9,10);2*1H/p-1. The van der Waals surface area contributed by atoms with Crippen LogP contribution in [0.5, 0.6) is 5.88 Å². The van der Waals surface area contributed by atoms with E-state index in [1.54, 1.807) is 19.1 Å². The Morgan fingerprint density at radius 1 is 1.21 bits per heavy atom. The van der Waals surface area contributed by atoms with E-state index in [4.69, 9.17) is 21.6 Å². The fourth-order valence-electron chi connectivity index (χ4n) is 3.13. The highest BCUT2D eigenvalue weighted by Gasteiger charge is 2.28. The number of hydrogen-bond acceptors (Lipinski definition) is 9. The highest BCUT2D eigenvalue weighted by atomic mass is 32.2. The van der Waals surface area contributed by atoms with Crippen molar-refractivity contribution in [1.29, 1.82) is 5.41 Å². The summed E-state index contributed by atoms with van der Waals surface area (Å²) in [7, 11) is 2.02. The summed E-state index contributed by atoms with van der Waals surface area (Å²) in [6.07, 6.45) is 0.0617. The van der Waals surface area contributed by atoms with Crippen molar-refractivity contribution in [2.75, 3.05) is 31.6 Å². The van der Waals surface area contributed by atoms with E-state index < -0.39 is 27.6 Å². The second kappa shape index (κ2) is 10.6. The normalized spacial score (nSPS) is 14.5. The first-order valence-corrected chi connectivity index (χ1v) is 11.1. The number of nitrogens with zero attached hydrogens (tertiary/aromatic N) is 3. The van der Waals surface area contributed by atoms with Gasteiger partial charge in [-0.3, -0.25) is 9.11 Å². The van der Waals surface area contributed by atoms with Gasteiger partial charge in [0.05, 0.1) is 10.5 Å². The molecule has 0 radical (unpaired) electrons. The van der Waals surface area contributed by atoms with Gasteiger partial charge in [0, 0.05) is 32.9 Å². The highest BCUT2D eigenvalue weighted by molar-refractivity contribution is 7.79. The number of nitrogen functional groups attached to an aromatic ring is 2. The van der Waals surface area contributed by atoms with E-state index in [1.165, 1.54) is 0 Å². The minimum Gasteiger partial charge on any atom is -0.768 e. The molecule has 9 nitrogen and oxygen atoms in total. The Hall–Kier alpha value is -3.48. The number of likely N-dealkylation sites (N-methyl/N-ethyl adjacent to an activating group) is 1. The maximum absolute atomic E-state index is 12.5. The summed E-state index contributed by atoms with van der Waals surface area (Å²) in [5.74, 6) is -0.627. The molecule has 0 spiro atoms. The van der Waals surface area contributed by atoms with Crippen molar-refractivity contribution in [3.05, 3.63) is 59.7 Å². The minimum atomic E-state index is -2.72. The number of anilines is 2. The largest absolute Gasteiger partial charge is 0.768 e. The molecule has 1 saturated heterocycles. The van der Waals surface area contributed by atoms with Gasteiger partial charge in [-0.05, 0) is 67.5 Å². The van der Waals surface area contributed by atoms with Crippen LogP contribution < -0.4 is 16.2 Å². The average molecular weight is 494 g/mol. The van der Waals surface area contributed by atoms with Crippen LogP contribution in [0.15, 0.2) is 47.4 Å². The van der Waals surface area contributed by atoms with Crippen LogP contribution >= 0.6 is 0 Å². The summed E-state index contributed by atoms with van der Waals surface area (Å²) in [5.41, 5.74) is 14.0. The fourth-order valence-corrected chi connectivity index (χ4v) is 3.57. The topological polar surface area (TPSA) is 154 Å². The van der Waals surface area contributed by atoms with Gasteiger partial charge in [-0.1, -0.05) is 0 Å². The molecule has 1 atom stereocenters. The minimum absolute atomic E-state index is 0. The first-order chi connectivity index (χ1) is 16.0. The summed E-state index contributed by atoms with van der Waals surface area (Å²) in [6.45, 7) is 3.31. The Morgan fingerprint density at radius 3 is 2.38 bits per heavy atom. The first-order valence-electron chi connectivity index (χ1n) is 10.0. The lowest BCUT2D eigenvalue weighted by Crippen LogP contribution is -2.51. The lowest BCUT2D eigenvalue weighted by Gasteiger charge is -2.36. The van der Waals surface area contributed by atoms with Gasteiger partial charge in [-0.25, -0.2) is 13.8 Å². The number of ether oxygens (including phenoxy) is 1. The van der Waals surface area contributed by atoms with E-state index in [2.05, 4.69) is 14.9 Å². The van der Waals surface area contributed by atoms with Crippen LogP contribution in [0.4, 0.5) is 20.3 Å². The van der Waals surface area contributed by atoms with Gasteiger partial charge in [0.1, 0.15) is 23.6 Å². The van der Waals surface area contributed by atoms with E-state index in [0.29, 0.717) is 29.0 Å². The Bertz CT molecular complexity index is 1230. The number of rotatable bonds is 5. The number of benzene rings is 2. The molecule has 3 aromatic rings. The molecule has 1 aliphatic heterocycles. The van der Waals surface area contributed by atoms with Crippen LogP contribution in [0.2, 0.25) is 0 Å². The number of nitrogens with two attached hydrogens (primary N) is 2. The second-order valence-corrected chi connectivity index (χ2v) is 8.54. The molecule has 0 saturated carbocycles. The van der Waals surface area contributed by atoms with E-state index in [9.17, 15) is 17.5 Å². The Labute approximate surface area is 200 Å². The molecule has 0 amide bonds. The maximum Gasteiger partial charge on any atom is 0.228 e. The molecule has 2 aromatic carbocycles. The number of hydrogen-bond donors (Lipinski definition) is 3. The van der Waals surface area contributed by atoms with Crippen molar-refractivity contribution in [3.8, 4) is 17.3 Å². The molecule has 1 fully saturated rings. The molecule has 1 aromatic heterocycles. The van der Waals surface area contributed by atoms with Gasteiger partial charge >= 0.3 is 0 Å². The predicted octanol–water partition coefficient (Wildman–Crippen LogP) is 3.08. The number of halogens is 2. The van der Waals surface area contributed by atoms with E-state index in [1.807, 2.05) is 19.2 Å². The molecule has 12 heteroatoms. The zero-order valence-corrected chi connectivity index (χ0v) is 19.2. The molecule has 184 valence electrons. The third-order valence-corrected chi connectivity index (χ3v) is 5.50. The average Bonchev–Trinajstić information content (AvgIpc) is 2.74. The highest BCUT2D eigenvalue weighted by Crippen LogP contribution is 2.28. The van der Waals surface area contributed by atoms with Gasteiger partial charge in [0.25, 0.3) is 0 Å². The molecule has 2 heterocycles. The molecule has 0 aliphatic carbocycles. The van der Waals surface area contributed by atoms with Crippen LogP contribution in [0.25, 0.3) is 11.4 Å². The SMILES string of the molecule is CC(=N)c1c(N)nc(-c2ccc(N)cc2)nc1OC1CN(C)C1.O=S([O-])c1cc(F)ccc1F.[HH].[HH].